The van der Waals surface area contributed by atoms with E-state index in [1.54, 1.807) is 12.1 Å². The van der Waals surface area contributed by atoms with Gasteiger partial charge in [-0.15, -0.1) is 0 Å². The third kappa shape index (κ3) is 3.05. The number of primary amides is 1. The molecule has 0 saturated carbocycles. The van der Waals surface area contributed by atoms with Crippen LogP contribution in [0.25, 0.3) is 0 Å². The van der Waals surface area contributed by atoms with Crippen LogP contribution in [0.3, 0.4) is 0 Å². The first-order chi connectivity index (χ1) is 15.4. The van der Waals surface area contributed by atoms with Gasteiger partial charge in [-0.3, -0.25) is 19.2 Å². The van der Waals surface area contributed by atoms with E-state index >= 15 is 0 Å². The van der Waals surface area contributed by atoms with Gasteiger partial charge in [0, 0.05) is 36.4 Å². The van der Waals surface area contributed by atoms with E-state index in [2.05, 4.69) is 5.32 Å². The van der Waals surface area contributed by atoms with E-state index in [1.165, 1.54) is 13.8 Å². The number of aliphatic hydroxyl groups excluding tert-OH is 2. The van der Waals surface area contributed by atoms with Crippen LogP contribution < -0.4 is 11.1 Å². The molecule has 174 valence electrons. The van der Waals surface area contributed by atoms with Gasteiger partial charge < -0.3 is 31.5 Å². The molecule has 10 heteroatoms. The third-order valence-electron chi connectivity index (χ3n) is 7.02. The number of hydrogen-bond acceptors (Lipinski definition) is 8. The summed E-state index contributed by atoms with van der Waals surface area (Å²) in [5.74, 6) is -7.88. The van der Waals surface area contributed by atoms with E-state index in [0.717, 1.165) is 0 Å². The average Bonchev–Trinajstić information content (AvgIpc) is 2.73. The van der Waals surface area contributed by atoms with Crippen LogP contribution >= 0.6 is 0 Å². The molecule has 0 fully saturated rings. The molecule has 0 spiro atoms. The average molecular weight is 456 g/mol. The quantitative estimate of drug-likeness (QED) is 0.354. The number of Topliss-reactive ketones (excluding diaryl/α,β-unsaturated/α-hetero) is 2. The number of carbonyl (C=O) groups is 4. The maximum absolute atomic E-state index is 13.4. The van der Waals surface area contributed by atoms with Gasteiger partial charge in [0.05, 0.1) is 5.56 Å². The van der Waals surface area contributed by atoms with Crippen molar-refractivity contribution in [1.82, 2.24) is 5.32 Å². The minimum Gasteiger partial charge on any atom is -0.511 e. The highest BCUT2D eigenvalue weighted by atomic mass is 16.3. The molecule has 3 aliphatic rings. The number of aliphatic hydroxyl groups is 3. The first kappa shape index (κ1) is 22.5. The Kier molecular flexibility index (Phi) is 5.08. The molecule has 3 aliphatic carbocycles. The molecular formula is C23H24N2O8. The number of ketones is 2. The molecular weight excluding hydrogens is 432 g/mol. The summed E-state index contributed by atoms with van der Waals surface area (Å²) in [7, 11) is 0. The molecule has 0 aliphatic heterocycles. The van der Waals surface area contributed by atoms with E-state index in [-0.39, 0.29) is 47.7 Å². The lowest BCUT2D eigenvalue weighted by atomic mass is 9.57. The fraction of sp³-hybridized carbons (Fsp3) is 0.391. The van der Waals surface area contributed by atoms with Crippen LogP contribution in [0.4, 0.5) is 0 Å². The second-order valence-electron chi connectivity index (χ2n) is 8.86. The maximum Gasteiger partial charge on any atom is 0.255 e. The van der Waals surface area contributed by atoms with Crippen LogP contribution in [-0.4, -0.2) is 49.4 Å². The Morgan fingerprint density at radius 2 is 1.88 bits per heavy atom. The van der Waals surface area contributed by atoms with Crippen molar-refractivity contribution >= 4 is 23.4 Å². The maximum atomic E-state index is 13.4. The van der Waals surface area contributed by atoms with Gasteiger partial charge in [0.2, 0.25) is 11.7 Å². The summed E-state index contributed by atoms with van der Waals surface area (Å²) in [4.78, 5) is 49.5. The molecule has 0 saturated heterocycles. The highest BCUT2D eigenvalue weighted by Crippen LogP contribution is 2.53. The molecule has 0 bridgehead atoms. The number of carbonyl (C=O) groups excluding carboxylic acids is 4. The van der Waals surface area contributed by atoms with Crippen molar-refractivity contribution in [2.75, 3.05) is 0 Å². The standard InChI is InChI=1S/C23H24N2O8/c1-8-13-6-12-5-10-3-4-11(7-25-9(2)26)18(28)14(10)19(29)15(12)20(30)23(13,33)21(31)16(17(8)27)22(24)32/h3-4,8,12-13,27-28,30,33H,5-7H2,1-2H3,(H2,24,32)(H,25,26)/t8-,12?,13?,23-/m0/s1. The Hall–Kier alpha value is -3.66. The van der Waals surface area contributed by atoms with E-state index in [4.69, 9.17) is 5.73 Å². The van der Waals surface area contributed by atoms with Gasteiger partial charge in [-0.1, -0.05) is 19.1 Å². The van der Waals surface area contributed by atoms with Crippen molar-refractivity contribution in [3.05, 3.63) is 51.5 Å². The van der Waals surface area contributed by atoms with Crippen molar-refractivity contribution in [2.45, 2.75) is 38.8 Å². The molecule has 2 unspecified atom stereocenters. The summed E-state index contributed by atoms with van der Waals surface area (Å²) in [6, 6.07) is 3.24. The summed E-state index contributed by atoms with van der Waals surface area (Å²) < 4.78 is 0. The number of amides is 2. The van der Waals surface area contributed by atoms with E-state index < -0.39 is 57.9 Å². The van der Waals surface area contributed by atoms with Gasteiger partial charge in [0.15, 0.2) is 11.4 Å². The van der Waals surface area contributed by atoms with Gasteiger partial charge in [-0.2, -0.15) is 0 Å². The number of nitrogens with one attached hydrogen (secondary N) is 1. The molecule has 4 atom stereocenters. The molecule has 10 nitrogen and oxygen atoms in total. The number of nitrogens with two attached hydrogens (primary N) is 1. The van der Waals surface area contributed by atoms with Crippen LogP contribution in [0.2, 0.25) is 0 Å². The fourth-order valence-electron chi connectivity index (χ4n) is 5.31. The molecule has 0 heterocycles. The Morgan fingerprint density at radius 1 is 1.21 bits per heavy atom. The first-order valence-electron chi connectivity index (χ1n) is 10.5. The lowest BCUT2D eigenvalue weighted by molar-refractivity contribution is -0.147. The van der Waals surface area contributed by atoms with Crippen molar-refractivity contribution in [1.29, 1.82) is 0 Å². The molecule has 0 radical (unpaired) electrons. The van der Waals surface area contributed by atoms with Gasteiger partial charge in [-0.25, -0.2) is 0 Å². The van der Waals surface area contributed by atoms with Gasteiger partial charge in [0.1, 0.15) is 22.8 Å². The molecule has 1 aromatic rings. The van der Waals surface area contributed by atoms with Crippen LogP contribution in [0.1, 0.15) is 41.8 Å². The minimum atomic E-state index is -2.61. The number of phenolic OH excluding ortho intramolecular Hbond substituents is 1. The molecule has 7 N–H and O–H groups in total. The Labute approximate surface area is 188 Å². The number of allylic oxidation sites excluding steroid dienone is 2. The molecule has 0 aromatic heterocycles. The SMILES string of the molecule is CC(=O)NCc1ccc2c(c1O)C(=O)C1=C(O)[C@]3(O)C(=O)C(C(N)=O)=C(O)[C@@H](C)C3CC1C2. The van der Waals surface area contributed by atoms with Gasteiger partial charge in [0.25, 0.3) is 5.91 Å². The highest BCUT2D eigenvalue weighted by Gasteiger charge is 2.61. The first-order valence-corrected chi connectivity index (χ1v) is 10.5. The molecule has 33 heavy (non-hydrogen) atoms. The minimum absolute atomic E-state index is 0.0236. The van der Waals surface area contributed by atoms with Crippen LogP contribution in [0, 0.1) is 17.8 Å². The normalized spacial score (nSPS) is 28.8. The lowest BCUT2D eigenvalue weighted by Gasteiger charge is -2.48. The molecule has 1 aromatic carbocycles. The number of hydrogen-bond donors (Lipinski definition) is 6. The number of aromatic hydroxyl groups is 1. The summed E-state index contributed by atoms with van der Waals surface area (Å²) >= 11 is 0. The zero-order valence-corrected chi connectivity index (χ0v) is 18.0. The third-order valence-corrected chi connectivity index (χ3v) is 7.02. The largest absolute Gasteiger partial charge is 0.511 e. The predicted molar refractivity (Wildman–Crippen MR) is 113 cm³/mol. The van der Waals surface area contributed by atoms with Crippen LogP contribution in [-0.2, 0) is 27.3 Å². The van der Waals surface area contributed by atoms with Crippen molar-refractivity contribution in [3.8, 4) is 5.75 Å². The number of fused-ring (bicyclic) bond motifs is 3. The fourth-order valence-corrected chi connectivity index (χ4v) is 5.31. The lowest BCUT2D eigenvalue weighted by Crippen LogP contribution is -2.59. The number of rotatable bonds is 3. The summed E-state index contributed by atoms with van der Waals surface area (Å²) in [5.41, 5.74) is 2.31. The highest BCUT2D eigenvalue weighted by molar-refractivity contribution is 6.24. The van der Waals surface area contributed by atoms with Crippen LogP contribution in [0.15, 0.2) is 34.8 Å². The Morgan fingerprint density at radius 3 is 2.48 bits per heavy atom. The second kappa shape index (κ2) is 7.45. The van der Waals surface area contributed by atoms with E-state index in [0.29, 0.717) is 5.56 Å². The smallest absolute Gasteiger partial charge is 0.255 e. The van der Waals surface area contributed by atoms with Gasteiger partial charge >= 0.3 is 0 Å². The molecule has 2 amide bonds. The van der Waals surface area contributed by atoms with Crippen molar-refractivity contribution < 1.29 is 39.6 Å². The molecule has 4 rings (SSSR count). The Balaban J connectivity index is 1.86. The van der Waals surface area contributed by atoms with E-state index in [1.807, 2.05) is 0 Å². The topological polar surface area (TPSA) is 187 Å². The van der Waals surface area contributed by atoms with Crippen LogP contribution in [0.5, 0.6) is 5.75 Å². The number of phenols is 1. The van der Waals surface area contributed by atoms with Crippen molar-refractivity contribution in [2.24, 2.45) is 23.5 Å². The summed E-state index contributed by atoms with van der Waals surface area (Å²) in [6.07, 6.45) is 0.299. The monoisotopic (exact) mass is 456 g/mol. The Bertz CT molecular complexity index is 1200. The summed E-state index contributed by atoms with van der Waals surface area (Å²) in [6.45, 7) is 2.78. The number of benzene rings is 1. The van der Waals surface area contributed by atoms with Gasteiger partial charge in [-0.05, 0) is 24.3 Å². The zero-order valence-electron chi connectivity index (χ0n) is 18.0. The second-order valence-corrected chi connectivity index (χ2v) is 8.86. The van der Waals surface area contributed by atoms with E-state index in [9.17, 15) is 39.6 Å². The zero-order chi connectivity index (χ0) is 24.4. The van der Waals surface area contributed by atoms with Crippen molar-refractivity contribution in [3.63, 3.8) is 0 Å². The summed E-state index contributed by atoms with van der Waals surface area (Å²) in [5, 5.41) is 46.1. The predicted octanol–water partition coefficient (Wildman–Crippen LogP) is 0.463.